The lowest BCUT2D eigenvalue weighted by Gasteiger charge is -2.69. The molecule has 10 aliphatic rings. The second-order valence-corrected chi connectivity index (χ2v) is 14.5. The van der Waals surface area contributed by atoms with Crippen LogP contribution in [0, 0.1) is 23.7 Å². The van der Waals surface area contributed by atoms with Gasteiger partial charge in [0, 0.05) is 24.0 Å². The molecule has 0 N–H and O–H groups in total. The van der Waals surface area contributed by atoms with Gasteiger partial charge >= 0.3 is 0 Å². The van der Waals surface area contributed by atoms with Gasteiger partial charge in [-0.3, -0.25) is 0 Å². The van der Waals surface area contributed by atoms with Crippen molar-refractivity contribution in [1.82, 2.24) is 9.80 Å². The summed E-state index contributed by atoms with van der Waals surface area (Å²) in [5.41, 5.74) is 0. The van der Waals surface area contributed by atoms with Gasteiger partial charge in [0.15, 0.2) is 12.7 Å². The zero-order valence-corrected chi connectivity index (χ0v) is 20.8. The van der Waals surface area contributed by atoms with Gasteiger partial charge in [-0.15, -0.1) is 0 Å². The molecule has 14 unspecified atom stereocenters. The lowest BCUT2D eigenvalue weighted by Crippen LogP contribution is -2.77. The van der Waals surface area contributed by atoms with Crippen molar-refractivity contribution < 1.29 is 4.74 Å². The van der Waals surface area contributed by atoms with E-state index in [1.54, 1.807) is 6.42 Å². The quantitative estimate of drug-likeness (QED) is 0.466. The van der Waals surface area contributed by atoms with Crippen LogP contribution in [0.15, 0.2) is 4.99 Å². The fraction of sp³-hybridized carbons (Fsp3) is 0.966. The summed E-state index contributed by atoms with van der Waals surface area (Å²) >= 11 is 0. The molecule has 0 aromatic carbocycles. The molecule has 10 rings (SSSR count). The molecule has 5 saturated carbocycles. The molecular weight excluding hydrogens is 417 g/mol. The van der Waals surface area contributed by atoms with Crippen molar-refractivity contribution in [2.75, 3.05) is 0 Å². The summed E-state index contributed by atoms with van der Waals surface area (Å²) in [5.74, 6) is 8.16. The molecule has 0 bridgehead atoms. The van der Waals surface area contributed by atoms with Gasteiger partial charge in [0.05, 0.1) is 24.3 Å². The largest absolute Gasteiger partial charge is 0.376 e. The van der Waals surface area contributed by atoms with E-state index in [-0.39, 0.29) is 0 Å². The summed E-state index contributed by atoms with van der Waals surface area (Å²) in [6.07, 6.45) is 21.3. The molecule has 182 valence electrons. The number of fused-ring (bicyclic) bond motifs is 7. The molecular formula is C29H42BN3O. The average Bonchev–Trinajstić information content (AvgIpc) is 3.42. The first kappa shape index (κ1) is 19.4. The van der Waals surface area contributed by atoms with Gasteiger partial charge in [-0.05, 0) is 93.0 Å². The maximum atomic E-state index is 7.13. The Morgan fingerprint density at radius 1 is 0.676 bits per heavy atom. The van der Waals surface area contributed by atoms with Gasteiger partial charge in [-0.25, -0.2) is 4.99 Å². The minimum absolute atomic E-state index is 0.558. The number of nitrogens with zero attached hydrogens (tertiary/aromatic N) is 3. The molecule has 4 nitrogen and oxygen atoms in total. The van der Waals surface area contributed by atoms with Crippen LogP contribution in [-0.2, 0) is 4.74 Å². The molecule has 0 aromatic heterocycles. The van der Waals surface area contributed by atoms with Gasteiger partial charge in [-0.1, -0.05) is 32.1 Å². The fourth-order valence-electron chi connectivity index (χ4n) is 13.3. The highest BCUT2D eigenvalue weighted by atomic mass is 16.5. The van der Waals surface area contributed by atoms with Crippen LogP contribution in [-0.4, -0.2) is 64.9 Å². The number of aliphatic imine (C=N–C) groups is 1. The number of ether oxygens (including phenoxy) is 1. The summed E-state index contributed by atoms with van der Waals surface area (Å²) in [7, 11) is 0. The van der Waals surface area contributed by atoms with E-state index < -0.39 is 0 Å². The Labute approximate surface area is 205 Å². The van der Waals surface area contributed by atoms with Crippen molar-refractivity contribution >= 4 is 12.7 Å². The molecule has 5 heterocycles. The summed E-state index contributed by atoms with van der Waals surface area (Å²) in [4.78, 5) is 11.8. The summed E-state index contributed by atoms with van der Waals surface area (Å²) < 4.78 is 7.13. The third-order valence-corrected chi connectivity index (χ3v) is 13.8. The van der Waals surface area contributed by atoms with Gasteiger partial charge in [0.1, 0.15) is 0 Å². The van der Waals surface area contributed by atoms with E-state index in [1.165, 1.54) is 89.4 Å². The molecule has 4 saturated heterocycles. The van der Waals surface area contributed by atoms with Crippen molar-refractivity contribution in [3.63, 3.8) is 0 Å². The van der Waals surface area contributed by atoms with Crippen LogP contribution in [0.2, 0.25) is 17.5 Å². The SMILES string of the molecule is C1CCC2C(C1)N=C1N2C2CCCC3CC4C5CCCC6OC7CCCC8C7B(C65)C4C(C32)N18. The van der Waals surface area contributed by atoms with Gasteiger partial charge in [0.2, 0.25) is 0 Å². The number of hydrogen-bond acceptors (Lipinski definition) is 4. The molecule has 9 fully saturated rings. The summed E-state index contributed by atoms with van der Waals surface area (Å²) in [6.45, 7) is 0.991. The molecule has 5 heteroatoms. The van der Waals surface area contributed by atoms with Gasteiger partial charge < -0.3 is 14.5 Å². The van der Waals surface area contributed by atoms with E-state index in [9.17, 15) is 0 Å². The first-order valence-electron chi connectivity index (χ1n) is 15.7. The predicted octanol–water partition coefficient (Wildman–Crippen LogP) is 5.21. The van der Waals surface area contributed by atoms with Crippen LogP contribution in [0.3, 0.4) is 0 Å². The van der Waals surface area contributed by atoms with Crippen LogP contribution in [0.25, 0.3) is 0 Å². The third-order valence-electron chi connectivity index (χ3n) is 13.8. The van der Waals surface area contributed by atoms with Crippen LogP contribution in [0.5, 0.6) is 0 Å². The summed E-state index contributed by atoms with van der Waals surface area (Å²) in [5, 5.41) is 0. The first-order valence-corrected chi connectivity index (χ1v) is 15.7. The van der Waals surface area contributed by atoms with Crippen LogP contribution in [0.1, 0.15) is 89.9 Å². The second kappa shape index (κ2) is 6.59. The fourth-order valence-corrected chi connectivity index (χ4v) is 13.3. The van der Waals surface area contributed by atoms with E-state index in [2.05, 4.69) is 9.80 Å². The predicted molar refractivity (Wildman–Crippen MR) is 134 cm³/mol. The maximum absolute atomic E-state index is 7.13. The standard InChI is InChI=1S/C29H42BN3O/c1-2-9-19-18(8-1)31-29-32(19)20-10-3-6-15-14-17-16-7-4-12-22-25(16)30-26(17)28(24(15)20)33(29)21-11-5-13-23(34-22)27(21)30/h15-28H,1-14H2. The van der Waals surface area contributed by atoms with Crippen molar-refractivity contribution in [1.29, 1.82) is 0 Å². The molecule has 34 heavy (non-hydrogen) atoms. The monoisotopic (exact) mass is 459 g/mol. The Hall–Kier alpha value is -0.705. The average molecular weight is 459 g/mol. The zero-order valence-electron chi connectivity index (χ0n) is 20.8. The number of guanidine groups is 1. The number of rotatable bonds is 0. The highest BCUT2D eigenvalue weighted by molar-refractivity contribution is 6.66. The van der Waals surface area contributed by atoms with Crippen molar-refractivity contribution in [2.24, 2.45) is 28.7 Å². The highest BCUT2D eigenvalue weighted by Gasteiger charge is 2.74. The van der Waals surface area contributed by atoms with E-state index >= 15 is 0 Å². The zero-order chi connectivity index (χ0) is 21.7. The second-order valence-electron chi connectivity index (χ2n) is 14.5. The Bertz CT molecular complexity index is 940. The van der Waals surface area contributed by atoms with E-state index in [0.717, 1.165) is 72.0 Å². The van der Waals surface area contributed by atoms with Crippen molar-refractivity contribution in [2.45, 2.75) is 150 Å². The lowest BCUT2D eigenvalue weighted by molar-refractivity contribution is -0.0961. The first-order chi connectivity index (χ1) is 16.9. The van der Waals surface area contributed by atoms with E-state index in [4.69, 9.17) is 9.73 Å². The van der Waals surface area contributed by atoms with Gasteiger partial charge in [-0.2, -0.15) is 0 Å². The Morgan fingerprint density at radius 3 is 2.44 bits per heavy atom. The van der Waals surface area contributed by atoms with Crippen molar-refractivity contribution in [3.05, 3.63) is 0 Å². The van der Waals surface area contributed by atoms with Crippen LogP contribution in [0.4, 0.5) is 0 Å². The Morgan fingerprint density at radius 2 is 1.47 bits per heavy atom. The number of hydrogen-bond donors (Lipinski definition) is 0. The van der Waals surface area contributed by atoms with Crippen LogP contribution >= 0.6 is 0 Å². The third kappa shape index (κ3) is 2.12. The topological polar surface area (TPSA) is 28.1 Å². The minimum atomic E-state index is 0.558. The molecule has 0 spiro atoms. The highest BCUT2D eigenvalue weighted by Crippen LogP contribution is 2.72. The molecule has 5 aliphatic carbocycles. The maximum Gasteiger partial charge on any atom is 0.198 e. The normalized spacial score (nSPS) is 59.8. The summed E-state index contributed by atoms with van der Waals surface area (Å²) in [6, 6.07) is 3.73. The van der Waals surface area contributed by atoms with E-state index in [0.29, 0.717) is 18.2 Å². The smallest absolute Gasteiger partial charge is 0.198 e. The van der Waals surface area contributed by atoms with E-state index in [1.807, 2.05) is 0 Å². The van der Waals surface area contributed by atoms with Crippen molar-refractivity contribution in [3.8, 4) is 0 Å². The molecule has 14 atom stereocenters. The van der Waals surface area contributed by atoms with Crippen LogP contribution < -0.4 is 0 Å². The molecule has 5 aliphatic heterocycles. The van der Waals surface area contributed by atoms with Gasteiger partial charge in [0.25, 0.3) is 0 Å². The molecule has 0 radical (unpaired) electrons. The molecule has 0 aromatic rings. The minimum Gasteiger partial charge on any atom is -0.376 e. The lowest BCUT2D eigenvalue weighted by atomic mass is 9.22. The Kier molecular flexibility index (Phi) is 3.76. The molecule has 0 amide bonds. The Balaban J connectivity index is 1.18.